The van der Waals surface area contributed by atoms with Crippen LogP contribution in [0.1, 0.15) is 30.4 Å². The number of aliphatic carboxylic acids is 1. The summed E-state index contributed by atoms with van der Waals surface area (Å²) in [5, 5.41) is 17.8. The van der Waals surface area contributed by atoms with E-state index in [0.717, 1.165) is 18.4 Å². The molecule has 0 heterocycles. The zero-order chi connectivity index (χ0) is 14.5. The molecule has 20 heavy (non-hydrogen) atoms. The van der Waals surface area contributed by atoms with E-state index in [9.17, 15) is 4.79 Å². The van der Waals surface area contributed by atoms with Gasteiger partial charge in [-0.15, -0.1) is 0 Å². The molecule has 0 aromatic heterocycles. The third kappa shape index (κ3) is 3.72. The van der Waals surface area contributed by atoms with Gasteiger partial charge in [0.05, 0.1) is 19.1 Å². The largest absolute Gasteiger partial charge is 0.495 e. The molecule has 2 rings (SSSR count). The fourth-order valence-electron chi connectivity index (χ4n) is 2.23. The molecule has 0 spiro atoms. The fraction of sp³-hybridized carbons (Fsp3) is 0.467. The number of hydrogen-bond donors (Lipinski definition) is 1. The van der Waals surface area contributed by atoms with Crippen molar-refractivity contribution >= 4 is 5.97 Å². The highest BCUT2D eigenvalue weighted by atomic mass is 16.5. The lowest BCUT2D eigenvalue weighted by atomic mass is 10.1. The molecule has 0 saturated heterocycles. The number of nitriles is 1. The van der Waals surface area contributed by atoms with Gasteiger partial charge in [0.25, 0.3) is 0 Å². The quantitative estimate of drug-likeness (QED) is 0.823. The van der Waals surface area contributed by atoms with Gasteiger partial charge in [0, 0.05) is 19.1 Å². The second kappa shape index (κ2) is 6.40. The summed E-state index contributed by atoms with van der Waals surface area (Å²) in [5.41, 5.74) is 1.55. The van der Waals surface area contributed by atoms with Crippen molar-refractivity contribution in [3.8, 4) is 11.8 Å². The van der Waals surface area contributed by atoms with Crippen LogP contribution in [-0.4, -0.2) is 35.7 Å². The molecule has 0 unspecified atom stereocenters. The van der Waals surface area contributed by atoms with Crippen LogP contribution in [0.4, 0.5) is 0 Å². The first-order valence-electron chi connectivity index (χ1n) is 6.67. The van der Waals surface area contributed by atoms with Crippen LogP contribution in [-0.2, 0) is 11.3 Å². The van der Waals surface area contributed by atoms with E-state index in [1.165, 1.54) is 0 Å². The van der Waals surface area contributed by atoms with Crippen molar-refractivity contribution < 1.29 is 14.6 Å². The zero-order valence-electron chi connectivity index (χ0n) is 11.5. The molecule has 1 aliphatic carbocycles. The molecule has 1 fully saturated rings. The Bertz CT molecular complexity index is 532. The summed E-state index contributed by atoms with van der Waals surface area (Å²) in [7, 11) is 1.54. The summed E-state index contributed by atoms with van der Waals surface area (Å²) >= 11 is 0. The third-order valence-electron chi connectivity index (χ3n) is 3.45. The van der Waals surface area contributed by atoms with E-state index in [2.05, 4.69) is 11.0 Å². The molecule has 106 valence electrons. The van der Waals surface area contributed by atoms with Crippen molar-refractivity contribution in [2.45, 2.75) is 31.8 Å². The fourth-order valence-corrected chi connectivity index (χ4v) is 2.23. The summed E-state index contributed by atoms with van der Waals surface area (Å²) in [4.78, 5) is 12.9. The van der Waals surface area contributed by atoms with Crippen molar-refractivity contribution in [1.29, 1.82) is 5.26 Å². The summed E-state index contributed by atoms with van der Waals surface area (Å²) in [5.74, 6) is -0.202. The maximum Gasteiger partial charge on any atom is 0.304 e. The van der Waals surface area contributed by atoms with Gasteiger partial charge in [-0.25, -0.2) is 0 Å². The lowest BCUT2D eigenvalue weighted by molar-refractivity contribution is -0.137. The minimum Gasteiger partial charge on any atom is -0.495 e. The van der Waals surface area contributed by atoms with Gasteiger partial charge in [0.15, 0.2) is 0 Å². The SMILES string of the molecule is COc1cc(CN(CCC(=O)O)C2CC2)ccc1C#N. The number of methoxy groups -OCH3 is 1. The lowest BCUT2D eigenvalue weighted by Gasteiger charge is -2.21. The third-order valence-corrected chi connectivity index (χ3v) is 3.45. The maximum atomic E-state index is 10.7. The van der Waals surface area contributed by atoms with Crippen LogP contribution in [0.15, 0.2) is 18.2 Å². The van der Waals surface area contributed by atoms with Crippen molar-refractivity contribution in [3.05, 3.63) is 29.3 Å². The Morgan fingerprint density at radius 2 is 2.30 bits per heavy atom. The van der Waals surface area contributed by atoms with Crippen LogP contribution in [0.3, 0.4) is 0 Å². The number of carboxylic acids is 1. The molecule has 1 aromatic carbocycles. The van der Waals surface area contributed by atoms with E-state index in [1.54, 1.807) is 13.2 Å². The molecule has 1 saturated carbocycles. The molecule has 1 N–H and O–H groups in total. The Morgan fingerprint density at radius 3 is 2.85 bits per heavy atom. The summed E-state index contributed by atoms with van der Waals surface area (Å²) in [6.07, 6.45) is 2.42. The molecular weight excluding hydrogens is 256 g/mol. The Kier molecular flexibility index (Phi) is 4.59. The van der Waals surface area contributed by atoms with E-state index in [4.69, 9.17) is 15.1 Å². The highest BCUT2D eigenvalue weighted by molar-refractivity contribution is 5.66. The Labute approximate surface area is 118 Å². The Morgan fingerprint density at radius 1 is 1.55 bits per heavy atom. The molecule has 5 heteroatoms. The van der Waals surface area contributed by atoms with E-state index in [-0.39, 0.29) is 6.42 Å². The molecule has 1 aliphatic rings. The number of nitrogens with zero attached hydrogens (tertiary/aromatic N) is 2. The van der Waals surface area contributed by atoms with Crippen molar-refractivity contribution in [2.75, 3.05) is 13.7 Å². The summed E-state index contributed by atoms with van der Waals surface area (Å²) in [6.45, 7) is 1.25. The van der Waals surface area contributed by atoms with Gasteiger partial charge >= 0.3 is 5.97 Å². The maximum absolute atomic E-state index is 10.7. The number of ether oxygens (including phenoxy) is 1. The number of rotatable bonds is 7. The minimum atomic E-state index is -0.770. The number of benzene rings is 1. The lowest BCUT2D eigenvalue weighted by Crippen LogP contribution is -2.28. The summed E-state index contributed by atoms with van der Waals surface area (Å²) in [6, 6.07) is 8.08. The number of hydrogen-bond acceptors (Lipinski definition) is 4. The topological polar surface area (TPSA) is 73.6 Å². The molecule has 0 radical (unpaired) electrons. The van der Waals surface area contributed by atoms with Gasteiger partial charge < -0.3 is 9.84 Å². The normalized spacial score (nSPS) is 14.1. The van der Waals surface area contributed by atoms with Gasteiger partial charge in [0.1, 0.15) is 11.8 Å². The first-order chi connectivity index (χ1) is 9.63. The summed E-state index contributed by atoms with van der Waals surface area (Å²) < 4.78 is 5.20. The smallest absolute Gasteiger partial charge is 0.304 e. The molecule has 0 aliphatic heterocycles. The minimum absolute atomic E-state index is 0.157. The zero-order valence-corrected chi connectivity index (χ0v) is 11.5. The monoisotopic (exact) mass is 274 g/mol. The van der Waals surface area contributed by atoms with Gasteiger partial charge in [-0.3, -0.25) is 9.69 Å². The highest BCUT2D eigenvalue weighted by Crippen LogP contribution is 2.29. The van der Waals surface area contributed by atoms with E-state index >= 15 is 0 Å². The van der Waals surface area contributed by atoms with Gasteiger partial charge in [-0.2, -0.15) is 5.26 Å². The van der Waals surface area contributed by atoms with E-state index in [1.807, 2.05) is 12.1 Å². The van der Waals surface area contributed by atoms with Crippen LogP contribution in [0.25, 0.3) is 0 Å². The van der Waals surface area contributed by atoms with Crippen molar-refractivity contribution in [1.82, 2.24) is 4.90 Å². The highest BCUT2D eigenvalue weighted by Gasteiger charge is 2.29. The molecule has 0 bridgehead atoms. The van der Waals surface area contributed by atoms with Crippen molar-refractivity contribution in [2.24, 2.45) is 0 Å². The standard InChI is InChI=1S/C15H18N2O3/c1-20-14-8-11(2-3-12(14)9-16)10-17(13-4-5-13)7-6-15(18)19/h2-3,8,13H,4-7,10H2,1H3,(H,18,19). The van der Waals surface area contributed by atoms with Crippen LogP contribution < -0.4 is 4.74 Å². The molecule has 5 nitrogen and oxygen atoms in total. The van der Waals surface area contributed by atoms with Crippen LogP contribution >= 0.6 is 0 Å². The predicted molar refractivity (Wildman–Crippen MR) is 73.4 cm³/mol. The molecule has 1 aromatic rings. The molecular formula is C15H18N2O3. The first kappa shape index (κ1) is 14.4. The van der Waals surface area contributed by atoms with E-state index < -0.39 is 5.97 Å². The van der Waals surface area contributed by atoms with Gasteiger partial charge in [-0.05, 0) is 30.5 Å². The second-order valence-electron chi connectivity index (χ2n) is 4.99. The van der Waals surface area contributed by atoms with Crippen LogP contribution in [0, 0.1) is 11.3 Å². The van der Waals surface area contributed by atoms with Crippen LogP contribution in [0.5, 0.6) is 5.75 Å². The van der Waals surface area contributed by atoms with Crippen LogP contribution in [0.2, 0.25) is 0 Å². The average molecular weight is 274 g/mol. The Hall–Kier alpha value is -2.06. The Balaban J connectivity index is 2.06. The van der Waals surface area contributed by atoms with E-state index in [0.29, 0.717) is 30.4 Å². The van der Waals surface area contributed by atoms with Gasteiger partial charge in [0.2, 0.25) is 0 Å². The number of carboxylic acid groups (broad SMARTS) is 1. The number of carbonyl (C=O) groups is 1. The predicted octanol–water partition coefficient (Wildman–Crippen LogP) is 2.01. The second-order valence-corrected chi connectivity index (χ2v) is 4.99. The van der Waals surface area contributed by atoms with Crippen molar-refractivity contribution in [3.63, 3.8) is 0 Å². The average Bonchev–Trinajstić information content (AvgIpc) is 3.27. The van der Waals surface area contributed by atoms with Gasteiger partial charge in [-0.1, -0.05) is 6.07 Å². The first-order valence-corrected chi connectivity index (χ1v) is 6.67. The molecule has 0 atom stereocenters. The molecule has 0 amide bonds.